The fourth-order valence-electron chi connectivity index (χ4n) is 3.74. The Hall–Kier alpha value is -3.57. The molecule has 0 radical (unpaired) electrons. The third kappa shape index (κ3) is 5.44. The number of benzene rings is 2. The van der Waals surface area contributed by atoms with Gasteiger partial charge in [-0.3, -0.25) is 19.3 Å². The molecule has 2 aliphatic heterocycles. The maximum atomic E-state index is 12.7. The number of rotatable bonds is 6. The first-order valence-corrected chi connectivity index (χ1v) is 11.6. The van der Waals surface area contributed by atoms with E-state index in [1.54, 1.807) is 41.3 Å². The van der Waals surface area contributed by atoms with Crippen molar-refractivity contribution in [1.29, 1.82) is 5.26 Å². The van der Waals surface area contributed by atoms with Crippen molar-refractivity contribution in [1.82, 2.24) is 9.80 Å². The first kappa shape index (κ1) is 22.6. The van der Waals surface area contributed by atoms with Crippen molar-refractivity contribution in [2.45, 2.75) is 25.9 Å². The van der Waals surface area contributed by atoms with Crippen LogP contribution in [-0.4, -0.2) is 46.5 Å². The van der Waals surface area contributed by atoms with Crippen molar-refractivity contribution in [2.75, 3.05) is 19.6 Å². The number of nitriles is 1. The van der Waals surface area contributed by atoms with Gasteiger partial charge in [-0.2, -0.15) is 5.26 Å². The molecule has 0 spiro atoms. The number of piperidine rings is 1. The van der Waals surface area contributed by atoms with Gasteiger partial charge in [-0.1, -0.05) is 30.3 Å². The minimum atomic E-state index is -0.441. The number of amides is 3. The number of hydrogen-bond donors (Lipinski definition) is 0. The molecular formula is C25H23N3O4S. The predicted octanol–water partition coefficient (Wildman–Crippen LogP) is 4.19. The van der Waals surface area contributed by atoms with Crippen LogP contribution in [0.3, 0.4) is 0 Å². The van der Waals surface area contributed by atoms with Gasteiger partial charge in [-0.15, -0.1) is 0 Å². The molecule has 0 saturated carbocycles. The number of ether oxygens (including phenoxy) is 1. The summed E-state index contributed by atoms with van der Waals surface area (Å²) in [5.74, 6) is 0.00152. The van der Waals surface area contributed by atoms with Crippen molar-refractivity contribution in [2.24, 2.45) is 0 Å². The van der Waals surface area contributed by atoms with Gasteiger partial charge in [-0.25, -0.2) is 0 Å². The Bertz CT molecular complexity index is 1130. The molecule has 8 heteroatoms. The van der Waals surface area contributed by atoms with Crippen LogP contribution >= 0.6 is 11.8 Å². The van der Waals surface area contributed by atoms with E-state index in [9.17, 15) is 19.6 Å². The molecule has 0 aliphatic carbocycles. The van der Waals surface area contributed by atoms with Crippen molar-refractivity contribution >= 4 is 34.9 Å². The average molecular weight is 462 g/mol. The summed E-state index contributed by atoms with van der Waals surface area (Å²) < 4.78 is 5.77. The highest BCUT2D eigenvalue weighted by molar-refractivity contribution is 8.18. The number of hydrogen-bond acceptors (Lipinski definition) is 6. The topological polar surface area (TPSA) is 90.7 Å². The van der Waals surface area contributed by atoms with Gasteiger partial charge in [0.15, 0.2) is 0 Å². The van der Waals surface area contributed by atoms with E-state index in [4.69, 9.17) is 4.74 Å². The molecule has 0 bridgehead atoms. The molecule has 2 aromatic carbocycles. The molecule has 7 nitrogen and oxygen atoms in total. The molecule has 168 valence electrons. The molecule has 2 fully saturated rings. The van der Waals surface area contributed by atoms with Gasteiger partial charge in [0.05, 0.1) is 16.5 Å². The Morgan fingerprint density at radius 3 is 2.52 bits per heavy atom. The summed E-state index contributed by atoms with van der Waals surface area (Å²) in [7, 11) is 0. The summed E-state index contributed by atoms with van der Waals surface area (Å²) in [5.41, 5.74) is 2.12. The number of carbonyl (C=O) groups is 3. The maximum absolute atomic E-state index is 12.7. The Labute approximate surface area is 196 Å². The van der Waals surface area contributed by atoms with Crippen LogP contribution in [0.1, 0.15) is 36.0 Å². The summed E-state index contributed by atoms with van der Waals surface area (Å²) in [6, 6.07) is 16.5. The summed E-state index contributed by atoms with van der Waals surface area (Å²) >= 11 is 0.847. The lowest BCUT2D eigenvalue weighted by Crippen LogP contribution is -2.44. The SMILES string of the molecule is N#Cc1ccccc1COc1ccc(/C=C2\SC(=O)N(CC(=O)N3CCCCC3)C2=O)cc1. The Kier molecular flexibility index (Phi) is 7.10. The number of thioether (sulfide) groups is 1. The number of carbonyl (C=O) groups excluding carboxylic acids is 3. The Morgan fingerprint density at radius 1 is 1.06 bits per heavy atom. The first-order chi connectivity index (χ1) is 16.0. The number of likely N-dealkylation sites (tertiary alicyclic amines) is 1. The predicted molar refractivity (Wildman–Crippen MR) is 125 cm³/mol. The summed E-state index contributed by atoms with van der Waals surface area (Å²) in [4.78, 5) is 40.6. The fraction of sp³-hybridized carbons (Fsp3) is 0.280. The van der Waals surface area contributed by atoms with E-state index >= 15 is 0 Å². The van der Waals surface area contributed by atoms with Crippen LogP contribution in [0.2, 0.25) is 0 Å². The van der Waals surface area contributed by atoms with Crippen LogP contribution in [0.4, 0.5) is 4.79 Å². The molecule has 3 amide bonds. The highest BCUT2D eigenvalue weighted by atomic mass is 32.2. The second-order valence-electron chi connectivity index (χ2n) is 7.84. The van der Waals surface area contributed by atoms with Gasteiger partial charge in [0.25, 0.3) is 11.1 Å². The zero-order valence-corrected chi connectivity index (χ0v) is 18.8. The van der Waals surface area contributed by atoms with Crippen molar-refractivity contribution in [3.63, 3.8) is 0 Å². The smallest absolute Gasteiger partial charge is 0.294 e. The van der Waals surface area contributed by atoms with Crippen LogP contribution < -0.4 is 4.74 Å². The van der Waals surface area contributed by atoms with E-state index in [0.29, 0.717) is 29.3 Å². The Balaban J connectivity index is 1.37. The molecule has 2 heterocycles. The molecule has 2 aromatic rings. The van der Waals surface area contributed by atoms with E-state index in [0.717, 1.165) is 47.1 Å². The van der Waals surface area contributed by atoms with Gasteiger partial charge in [0, 0.05) is 18.7 Å². The molecule has 4 rings (SSSR count). The molecule has 0 unspecified atom stereocenters. The monoisotopic (exact) mass is 461 g/mol. The number of imide groups is 1. The highest BCUT2D eigenvalue weighted by Gasteiger charge is 2.37. The number of nitrogens with zero attached hydrogens (tertiary/aromatic N) is 3. The zero-order chi connectivity index (χ0) is 23.2. The molecular weight excluding hydrogens is 438 g/mol. The lowest BCUT2D eigenvalue weighted by Gasteiger charge is -2.27. The van der Waals surface area contributed by atoms with Crippen molar-refractivity contribution in [3.8, 4) is 11.8 Å². The summed E-state index contributed by atoms with van der Waals surface area (Å²) in [6.07, 6.45) is 4.66. The van der Waals surface area contributed by atoms with Crippen LogP contribution in [0.25, 0.3) is 6.08 Å². The van der Waals surface area contributed by atoms with E-state index < -0.39 is 11.1 Å². The van der Waals surface area contributed by atoms with Gasteiger partial charge in [0.2, 0.25) is 5.91 Å². The second-order valence-corrected chi connectivity index (χ2v) is 8.83. The van der Waals surface area contributed by atoms with Crippen LogP contribution in [0, 0.1) is 11.3 Å². The van der Waals surface area contributed by atoms with Crippen molar-refractivity contribution in [3.05, 3.63) is 70.1 Å². The second kappa shape index (κ2) is 10.4. The standard InChI is InChI=1S/C25H23N3O4S/c26-15-19-6-2-3-7-20(19)17-32-21-10-8-18(9-11-21)14-22-24(30)28(25(31)33-22)16-23(29)27-12-4-1-5-13-27/h2-3,6-11,14H,1,4-5,12-13,16-17H2/b22-14-. The van der Waals surface area contributed by atoms with E-state index in [1.165, 1.54) is 0 Å². The molecule has 0 atom stereocenters. The van der Waals surface area contributed by atoms with Crippen LogP contribution in [0.15, 0.2) is 53.4 Å². The maximum Gasteiger partial charge on any atom is 0.294 e. The summed E-state index contributed by atoms with van der Waals surface area (Å²) in [6.45, 7) is 1.43. The minimum absolute atomic E-state index is 0.183. The molecule has 2 saturated heterocycles. The minimum Gasteiger partial charge on any atom is -0.489 e. The molecule has 33 heavy (non-hydrogen) atoms. The third-order valence-electron chi connectivity index (χ3n) is 5.59. The van der Waals surface area contributed by atoms with E-state index in [1.807, 2.05) is 18.2 Å². The zero-order valence-electron chi connectivity index (χ0n) is 18.0. The normalized spacial score (nSPS) is 17.4. The van der Waals surface area contributed by atoms with Crippen LogP contribution in [0.5, 0.6) is 5.75 Å². The van der Waals surface area contributed by atoms with Gasteiger partial charge < -0.3 is 9.64 Å². The Morgan fingerprint density at radius 2 is 1.79 bits per heavy atom. The van der Waals surface area contributed by atoms with Crippen molar-refractivity contribution < 1.29 is 19.1 Å². The quantitative estimate of drug-likeness (QED) is 0.599. The molecule has 2 aliphatic rings. The lowest BCUT2D eigenvalue weighted by atomic mass is 10.1. The average Bonchev–Trinajstić information content (AvgIpc) is 3.11. The van der Waals surface area contributed by atoms with Gasteiger partial charge >= 0.3 is 0 Å². The largest absolute Gasteiger partial charge is 0.489 e. The van der Waals surface area contributed by atoms with E-state index in [-0.39, 0.29) is 19.1 Å². The fourth-order valence-corrected chi connectivity index (χ4v) is 4.58. The van der Waals surface area contributed by atoms with E-state index in [2.05, 4.69) is 6.07 Å². The molecule has 0 N–H and O–H groups in total. The summed E-state index contributed by atoms with van der Waals surface area (Å²) in [5, 5.41) is 8.75. The highest BCUT2D eigenvalue weighted by Crippen LogP contribution is 2.32. The molecule has 0 aromatic heterocycles. The van der Waals surface area contributed by atoms with Gasteiger partial charge in [-0.05, 0) is 60.9 Å². The van der Waals surface area contributed by atoms with Gasteiger partial charge in [0.1, 0.15) is 18.9 Å². The lowest BCUT2D eigenvalue weighted by molar-refractivity contribution is -0.136. The first-order valence-electron chi connectivity index (χ1n) is 10.8. The van der Waals surface area contributed by atoms with Crippen LogP contribution in [-0.2, 0) is 16.2 Å². The third-order valence-corrected chi connectivity index (χ3v) is 6.49.